The van der Waals surface area contributed by atoms with Gasteiger partial charge >= 0.3 is 0 Å². The van der Waals surface area contributed by atoms with Gasteiger partial charge in [0.2, 0.25) is 11.8 Å². The van der Waals surface area contributed by atoms with Crippen LogP contribution in [-0.2, 0) is 16.0 Å². The highest BCUT2D eigenvalue weighted by molar-refractivity contribution is 8.00. The Kier molecular flexibility index (Phi) is 5.55. The fraction of sp³-hybridized carbons (Fsp3) is 0.190. The molecule has 0 bridgehead atoms. The van der Waals surface area contributed by atoms with Crippen LogP contribution in [0, 0.1) is 0 Å². The minimum absolute atomic E-state index is 0.243. The summed E-state index contributed by atoms with van der Waals surface area (Å²) in [5.41, 5.74) is 3.59. The van der Waals surface area contributed by atoms with Crippen molar-refractivity contribution in [1.29, 1.82) is 0 Å². The molecule has 2 heterocycles. The van der Waals surface area contributed by atoms with Crippen molar-refractivity contribution in [1.82, 2.24) is 15.3 Å². The van der Waals surface area contributed by atoms with Gasteiger partial charge in [0, 0.05) is 36.1 Å². The van der Waals surface area contributed by atoms with Crippen LogP contribution in [0.4, 0.5) is 5.69 Å². The van der Waals surface area contributed by atoms with Crippen LogP contribution < -0.4 is 10.6 Å². The van der Waals surface area contributed by atoms with Crippen molar-refractivity contribution < 1.29 is 9.59 Å². The van der Waals surface area contributed by atoms with Crippen molar-refractivity contribution in [2.75, 3.05) is 11.6 Å². The van der Waals surface area contributed by atoms with E-state index in [-0.39, 0.29) is 11.8 Å². The van der Waals surface area contributed by atoms with Gasteiger partial charge in [-0.15, -0.1) is 11.3 Å². The maximum atomic E-state index is 13.0. The topological polar surface area (TPSA) is 86.9 Å². The molecular weight excluding hydrogens is 404 g/mol. The lowest BCUT2D eigenvalue weighted by Gasteiger charge is -2.17. The number of hydrogen-bond donors (Lipinski definition) is 3. The van der Waals surface area contributed by atoms with E-state index in [0.29, 0.717) is 12.1 Å². The molecule has 1 atom stereocenters. The summed E-state index contributed by atoms with van der Waals surface area (Å²) in [6.07, 6.45) is 4.28. The van der Waals surface area contributed by atoms with E-state index in [2.05, 4.69) is 20.6 Å². The minimum atomic E-state index is -0.675. The first-order valence-corrected chi connectivity index (χ1v) is 11.1. The van der Waals surface area contributed by atoms with E-state index >= 15 is 0 Å². The zero-order chi connectivity index (χ0) is 20.4. The van der Waals surface area contributed by atoms with Crippen molar-refractivity contribution in [2.45, 2.75) is 23.7 Å². The van der Waals surface area contributed by atoms with Crippen LogP contribution in [-0.4, -0.2) is 34.1 Å². The van der Waals surface area contributed by atoms with Crippen LogP contribution in [0.1, 0.15) is 12.5 Å². The quantitative estimate of drug-likeness (QED) is 0.405. The molecule has 4 aromatic rings. The van der Waals surface area contributed by atoms with Crippen LogP contribution in [0.2, 0.25) is 0 Å². The van der Waals surface area contributed by atoms with E-state index in [0.717, 1.165) is 31.0 Å². The average molecular weight is 425 g/mol. The normalized spacial score (nSPS) is 12.2. The first kappa shape index (κ1) is 19.5. The molecule has 0 aliphatic carbocycles. The number of rotatable bonds is 6. The fourth-order valence-electron chi connectivity index (χ4n) is 3.27. The molecule has 2 aromatic carbocycles. The first-order chi connectivity index (χ1) is 14.0. The molecule has 0 radical (unpaired) electrons. The van der Waals surface area contributed by atoms with Gasteiger partial charge in [0.25, 0.3) is 0 Å². The maximum Gasteiger partial charge on any atom is 0.247 e. The zero-order valence-corrected chi connectivity index (χ0v) is 17.6. The van der Waals surface area contributed by atoms with Crippen LogP contribution in [0.15, 0.2) is 53.0 Å². The highest BCUT2D eigenvalue weighted by Crippen LogP contribution is 2.30. The standard InChI is InChI=1S/C21H20N4O2S2/c1-12(26)23-18(9-13-11-22-16-6-4-3-5-15(13)16)20(27)24-14-7-8-17-19(10-14)29-21(25-17)28-2/h3-8,10-11,18,22H,9H2,1-2H3,(H,23,26)(H,24,27)/t18-/m1/s1. The Balaban J connectivity index is 1.56. The summed E-state index contributed by atoms with van der Waals surface area (Å²) in [6.45, 7) is 1.42. The number of anilines is 1. The summed E-state index contributed by atoms with van der Waals surface area (Å²) in [6, 6.07) is 12.9. The number of carbonyl (C=O) groups excluding carboxylic acids is 2. The van der Waals surface area contributed by atoms with Crippen LogP contribution >= 0.6 is 23.1 Å². The van der Waals surface area contributed by atoms with E-state index in [4.69, 9.17) is 0 Å². The minimum Gasteiger partial charge on any atom is -0.361 e. The number of fused-ring (bicyclic) bond motifs is 2. The third-order valence-electron chi connectivity index (χ3n) is 4.60. The number of aromatic amines is 1. The number of para-hydroxylation sites is 1. The zero-order valence-electron chi connectivity index (χ0n) is 16.0. The number of nitrogens with zero attached hydrogens (tertiary/aromatic N) is 1. The number of aromatic nitrogens is 2. The molecule has 6 nitrogen and oxygen atoms in total. The van der Waals surface area contributed by atoms with Crippen molar-refractivity contribution in [2.24, 2.45) is 0 Å². The summed E-state index contributed by atoms with van der Waals surface area (Å²) in [5.74, 6) is -0.494. The second-order valence-electron chi connectivity index (χ2n) is 6.67. The highest BCUT2D eigenvalue weighted by atomic mass is 32.2. The highest BCUT2D eigenvalue weighted by Gasteiger charge is 2.22. The monoisotopic (exact) mass is 424 g/mol. The molecular formula is C21H20N4O2S2. The lowest BCUT2D eigenvalue weighted by molar-refractivity contribution is -0.125. The lowest BCUT2D eigenvalue weighted by atomic mass is 10.0. The summed E-state index contributed by atoms with van der Waals surface area (Å²) < 4.78 is 2.00. The first-order valence-electron chi connectivity index (χ1n) is 9.11. The van der Waals surface area contributed by atoms with Crippen molar-refractivity contribution in [3.05, 3.63) is 54.2 Å². The molecule has 8 heteroatoms. The number of hydrogen-bond acceptors (Lipinski definition) is 5. The predicted octanol–water partition coefficient (Wildman–Crippen LogP) is 4.19. The third kappa shape index (κ3) is 4.28. The summed E-state index contributed by atoms with van der Waals surface area (Å²) in [7, 11) is 0. The van der Waals surface area contributed by atoms with E-state index in [9.17, 15) is 9.59 Å². The molecule has 0 saturated heterocycles. The van der Waals surface area contributed by atoms with Crippen LogP contribution in [0.3, 0.4) is 0 Å². The Morgan fingerprint density at radius 1 is 1.24 bits per heavy atom. The van der Waals surface area contributed by atoms with Gasteiger partial charge in [-0.25, -0.2) is 4.98 Å². The number of benzene rings is 2. The number of thioether (sulfide) groups is 1. The molecule has 0 spiro atoms. The lowest BCUT2D eigenvalue weighted by Crippen LogP contribution is -2.44. The Labute approximate surface area is 176 Å². The molecule has 0 fully saturated rings. The van der Waals surface area contributed by atoms with Gasteiger partial charge in [0.05, 0.1) is 10.2 Å². The molecule has 148 valence electrons. The van der Waals surface area contributed by atoms with Gasteiger partial charge in [-0.1, -0.05) is 30.0 Å². The van der Waals surface area contributed by atoms with Crippen molar-refractivity contribution >= 4 is 61.7 Å². The summed E-state index contributed by atoms with van der Waals surface area (Å²) >= 11 is 3.19. The molecule has 0 unspecified atom stereocenters. The van der Waals surface area contributed by atoms with Crippen molar-refractivity contribution in [3.63, 3.8) is 0 Å². The molecule has 2 aromatic heterocycles. The number of H-pyrrole nitrogens is 1. The summed E-state index contributed by atoms with van der Waals surface area (Å²) in [5, 5.41) is 6.76. The van der Waals surface area contributed by atoms with Gasteiger partial charge in [-0.3, -0.25) is 9.59 Å². The van der Waals surface area contributed by atoms with E-state index in [1.165, 1.54) is 6.92 Å². The maximum absolute atomic E-state index is 13.0. The Morgan fingerprint density at radius 3 is 2.86 bits per heavy atom. The molecule has 4 rings (SSSR count). The van der Waals surface area contributed by atoms with Gasteiger partial charge in [-0.2, -0.15) is 0 Å². The number of amides is 2. The molecule has 29 heavy (non-hydrogen) atoms. The molecule has 0 aliphatic rings. The Hall–Kier alpha value is -2.84. The van der Waals surface area contributed by atoms with E-state index in [1.807, 2.05) is 54.9 Å². The molecule has 2 amide bonds. The molecule has 0 aliphatic heterocycles. The fourth-order valence-corrected chi connectivity index (χ4v) is 4.80. The van der Waals surface area contributed by atoms with Crippen molar-refractivity contribution in [3.8, 4) is 0 Å². The van der Waals surface area contributed by atoms with Gasteiger partial charge < -0.3 is 15.6 Å². The number of thiazole rings is 1. The SMILES string of the molecule is CSc1nc2ccc(NC(=O)[C@@H](Cc3c[nH]c4ccccc34)NC(C)=O)cc2s1. The van der Waals surface area contributed by atoms with E-state index in [1.54, 1.807) is 23.1 Å². The van der Waals surface area contributed by atoms with Crippen LogP contribution in [0.5, 0.6) is 0 Å². The molecule has 3 N–H and O–H groups in total. The second-order valence-corrected chi connectivity index (χ2v) is 8.76. The Bertz CT molecular complexity index is 1200. The van der Waals surface area contributed by atoms with Gasteiger partial charge in [0.1, 0.15) is 6.04 Å². The largest absolute Gasteiger partial charge is 0.361 e. The Morgan fingerprint density at radius 2 is 2.07 bits per heavy atom. The van der Waals surface area contributed by atoms with E-state index < -0.39 is 6.04 Å². The van der Waals surface area contributed by atoms with Gasteiger partial charge in [-0.05, 0) is 36.1 Å². The third-order valence-corrected chi connectivity index (χ3v) is 6.61. The number of nitrogens with one attached hydrogen (secondary N) is 3. The van der Waals surface area contributed by atoms with Gasteiger partial charge in [0.15, 0.2) is 4.34 Å². The summed E-state index contributed by atoms with van der Waals surface area (Å²) in [4.78, 5) is 32.4. The predicted molar refractivity (Wildman–Crippen MR) is 120 cm³/mol. The van der Waals surface area contributed by atoms with Crippen LogP contribution in [0.25, 0.3) is 21.1 Å². The smallest absolute Gasteiger partial charge is 0.247 e. The molecule has 0 saturated carbocycles. The average Bonchev–Trinajstić information content (AvgIpc) is 3.30. The number of carbonyl (C=O) groups is 2. The second kappa shape index (κ2) is 8.26.